The molecule has 4 nitrogen and oxygen atoms in total. The van der Waals surface area contributed by atoms with Crippen LogP contribution < -0.4 is 5.73 Å². The van der Waals surface area contributed by atoms with Crippen molar-refractivity contribution in [3.05, 3.63) is 35.4 Å². The van der Waals surface area contributed by atoms with E-state index in [1.165, 1.54) is 0 Å². The lowest BCUT2D eigenvalue weighted by Gasteiger charge is -2.23. The first kappa shape index (κ1) is 19.6. The maximum absolute atomic E-state index is 12.5. The Bertz CT molecular complexity index is 476. The number of carbonyl (C=O) groups excluding carboxylic acids is 1. The first-order valence-electron chi connectivity index (χ1n) is 8.27. The number of hydrogen-bond donors (Lipinski definition) is 1. The van der Waals surface area contributed by atoms with Crippen LogP contribution >= 0.6 is 0 Å². The monoisotopic (exact) mass is 323 g/mol. The lowest BCUT2D eigenvalue weighted by atomic mass is 10.0. The molecule has 23 heavy (non-hydrogen) atoms. The van der Waals surface area contributed by atoms with E-state index in [-0.39, 0.29) is 24.7 Å². The van der Waals surface area contributed by atoms with Gasteiger partial charge in [-0.1, -0.05) is 31.2 Å². The quantitative estimate of drug-likeness (QED) is 0.760. The molecule has 1 atom stereocenters. The molecule has 1 unspecified atom stereocenters. The van der Waals surface area contributed by atoms with Gasteiger partial charge in [-0.2, -0.15) is 0 Å². The van der Waals surface area contributed by atoms with Crippen molar-refractivity contribution < 1.29 is 9.18 Å². The molecule has 1 rings (SSSR count). The molecule has 0 bridgehead atoms. The molecule has 0 heterocycles. The van der Waals surface area contributed by atoms with Crippen molar-refractivity contribution in [1.29, 1.82) is 0 Å². The Morgan fingerprint density at radius 3 is 2.35 bits per heavy atom. The van der Waals surface area contributed by atoms with Crippen LogP contribution in [0.5, 0.6) is 0 Å². The van der Waals surface area contributed by atoms with E-state index in [1.807, 2.05) is 45.0 Å². The summed E-state index contributed by atoms with van der Waals surface area (Å²) in [6.45, 7) is 7.66. The maximum Gasteiger partial charge on any atom is 0.224 e. The van der Waals surface area contributed by atoms with Crippen molar-refractivity contribution in [2.24, 2.45) is 5.73 Å². The molecule has 1 amide bonds. The predicted octanol–water partition coefficient (Wildman–Crippen LogP) is 2.73. The number of nitrogens with two attached hydrogens (primary N) is 1. The second-order valence-corrected chi connectivity index (χ2v) is 6.21. The van der Waals surface area contributed by atoms with Crippen molar-refractivity contribution in [2.75, 3.05) is 26.8 Å². The fraction of sp³-hybridized carbons (Fsp3) is 0.611. The minimum Gasteiger partial charge on any atom is -0.343 e. The summed E-state index contributed by atoms with van der Waals surface area (Å²) in [5, 5.41) is 0. The zero-order chi connectivity index (χ0) is 17.4. The summed E-state index contributed by atoms with van der Waals surface area (Å²) in [7, 11) is 1.80. The van der Waals surface area contributed by atoms with E-state index < -0.39 is 0 Å². The zero-order valence-electron chi connectivity index (χ0n) is 14.8. The van der Waals surface area contributed by atoms with Crippen LogP contribution in [0.15, 0.2) is 24.3 Å². The SMILES string of the molecule is CCN(CCF)Cc1ccc(C(N)CC(=O)N(C)C(C)C)cc1. The molecule has 1 aromatic rings. The van der Waals surface area contributed by atoms with Crippen LogP contribution in [0.2, 0.25) is 0 Å². The molecule has 0 aliphatic rings. The van der Waals surface area contributed by atoms with Gasteiger partial charge in [0.2, 0.25) is 5.91 Å². The third kappa shape index (κ3) is 6.28. The van der Waals surface area contributed by atoms with Crippen molar-refractivity contribution in [2.45, 2.75) is 45.8 Å². The summed E-state index contributed by atoms with van der Waals surface area (Å²) in [4.78, 5) is 15.9. The molecule has 0 saturated heterocycles. The summed E-state index contributed by atoms with van der Waals surface area (Å²) in [5.41, 5.74) is 8.23. The summed E-state index contributed by atoms with van der Waals surface area (Å²) < 4.78 is 12.5. The highest BCUT2D eigenvalue weighted by Crippen LogP contribution is 2.17. The maximum atomic E-state index is 12.5. The Morgan fingerprint density at radius 1 is 1.26 bits per heavy atom. The molecule has 0 aromatic heterocycles. The smallest absolute Gasteiger partial charge is 0.224 e. The van der Waals surface area contributed by atoms with E-state index in [9.17, 15) is 9.18 Å². The summed E-state index contributed by atoms with van der Waals surface area (Å²) in [5.74, 6) is 0.0525. The Kier molecular flexibility index (Phi) is 8.20. The molecular formula is C18H30FN3O. The van der Waals surface area contributed by atoms with Crippen LogP contribution in [0.3, 0.4) is 0 Å². The van der Waals surface area contributed by atoms with Gasteiger partial charge in [-0.15, -0.1) is 0 Å². The van der Waals surface area contributed by atoms with E-state index in [1.54, 1.807) is 11.9 Å². The lowest BCUT2D eigenvalue weighted by Crippen LogP contribution is -2.35. The number of amides is 1. The molecule has 0 spiro atoms. The van der Waals surface area contributed by atoms with E-state index >= 15 is 0 Å². The largest absolute Gasteiger partial charge is 0.343 e. The van der Waals surface area contributed by atoms with Crippen LogP contribution in [0.4, 0.5) is 4.39 Å². The van der Waals surface area contributed by atoms with Gasteiger partial charge >= 0.3 is 0 Å². The van der Waals surface area contributed by atoms with Gasteiger partial charge in [-0.3, -0.25) is 9.69 Å². The predicted molar refractivity (Wildman–Crippen MR) is 92.8 cm³/mol. The Balaban J connectivity index is 2.63. The third-order valence-corrected chi connectivity index (χ3v) is 4.22. The molecule has 5 heteroatoms. The van der Waals surface area contributed by atoms with Gasteiger partial charge in [0.15, 0.2) is 0 Å². The van der Waals surface area contributed by atoms with Crippen LogP contribution in [-0.4, -0.2) is 48.6 Å². The van der Waals surface area contributed by atoms with Crippen LogP contribution in [0, 0.1) is 0 Å². The van der Waals surface area contributed by atoms with Gasteiger partial charge in [0.05, 0.1) is 0 Å². The van der Waals surface area contributed by atoms with Crippen LogP contribution in [0.25, 0.3) is 0 Å². The molecule has 1 aromatic carbocycles. The van der Waals surface area contributed by atoms with Gasteiger partial charge < -0.3 is 10.6 Å². The summed E-state index contributed by atoms with van der Waals surface area (Å²) in [6, 6.07) is 7.82. The van der Waals surface area contributed by atoms with Crippen molar-refractivity contribution in [3.8, 4) is 0 Å². The van der Waals surface area contributed by atoms with Gasteiger partial charge in [-0.05, 0) is 31.5 Å². The third-order valence-electron chi connectivity index (χ3n) is 4.22. The van der Waals surface area contributed by atoms with Gasteiger partial charge in [-0.25, -0.2) is 4.39 Å². The number of halogens is 1. The van der Waals surface area contributed by atoms with E-state index in [0.717, 1.165) is 24.2 Å². The number of hydrogen-bond acceptors (Lipinski definition) is 3. The highest BCUT2D eigenvalue weighted by Gasteiger charge is 2.17. The normalized spacial score (nSPS) is 12.7. The lowest BCUT2D eigenvalue weighted by molar-refractivity contribution is -0.131. The molecule has 2 N–H and O–H groups in total. The summed E-state index contributed by atoms with van der Waals surface area (Å²) >= 11 is 0. The fourth-order valence-corrected chi connectivity index (χ4v) is 2.33. The van der Waals surface area contributed by atoms with Crippen LogP contribution in [-0.2, 0) is 11.3 Å². The first-order valence-corrected chi connectivity index (χ1v) is 8.27. The molecular weight excluding hydrogens is 293 g/mol. The Hall–Kier alpha value is -1.46. The number of benzene rings is 1. The van der Waals surface area contributed by atoms with Crippen LogP contribution in [0.1, 0.15) is 44.4 Å². The highest BCUT2D eigenvalue weighted by atomic mass is 19.1. The minimum atomic E-state index is -0.331. The fourth-order valence-electron chi connectivity index (χ4n) is 2.33. The average Bonchev–Trinajstić information content (AvgIpc) is 2.53. The summed E-state index contributed by atoms with van der Waals surface area (Å²) in [6.07, 6.45) is 0.303. The van der Waals surface area contributed by atoms with E-state index in [0.29, 0.717) is 13.0 Å². The molecule has 0 fully saturated rings. The van der Waals surface area contributed by atoms with E-state index in [2.05, 4.69) is 4.90 Å². The van der Waals surface area contributed by atoms with Crippen molar-refractivity contribution in [1.82, 2.24) is 9.80 Å². The molecule has 0 radical (unpaired) electrons. The van der Waals surface area contributed by atoms with Gasteiger partial charge in [0.25, 0.3) is 0 Å². The molecule has 0 aliphatic heterocycles. The number of rotatable bonds is 9. The molecule has 0 aliphatic carbocycles. The topological polar surface area (TPSA) is 49.6 Å². The van der Waals surface area contributed by atoms with Gasteiger partial charge in [0, 0.05) is 38.6 Å². The second kappa shape index (κ2) is 9.63. The standard InChI is InChI=1S/C18H30FN3O/c1-5-22(11-10-19)13-15-6-8-16(9-7-15)17(20)12-18(23)21(4)14(2)3/h6-9,14,17H,5,10-13,20H2,1-4H3. The Labute approximate surface area is 139 Å². The molecule has 130 valence electrons. The number of nitrogens with zero attached hydrogens (tertiary/aromatic N) is 2. The zero-order valence-corrected chi connectivity index (χ0v) is 14.8. The highest BCUT2D eigenvalue weighted by molar-refractivity contribution is 5.77. The average molecular weight is 323 g/mol. The van der Waals surface area contributed by atoms with Crippen molar-refractivity contribution in [3.63, 3.8) is 0 Å². The first-order chi connectivity index (χ1) is 10.9. The minimum absolute atomic E-state index is 0.0525. The van der Waals surface area contributed by atoms with Gasteiger partial charge in [0.1, 0.15) is 6.67 Å². The molecule has 0 saturated carbocycles. The Morgan fingerprint density at radius 2 is 1.87 bits per heavy atom. The van der Waals surface area contributed by atoms with Crippen molar-refractivity contribution >= 4 is 5.91 Å². The van der Waals surface area contributed by atoms with E-state index in [4.69, 9.17) is 5.73 Å². The number of carbonyl (C=O) groups is 1. The second-order valence-electron chi connectivity index (χ2n) is 6.21. The number of alkyl halides is 1.